The Labute approximate surface area is 183 Å². The molecule has 1 fully saturated rings. The van der Waals surface area contributed by atoms with Crippen LogP contribution in [0.4, 0.5) is 4.39 Å². The second-order valence-electron chi connectivity index (χ2n) is 7.91. The largest absolute Gasteiger partial charge is 0.355 e. The molecule has 1 aliphatic heterocycles. The molecule has 0 saturated carbocycles. The number of sulfone groups is 1. The minimum Gasteiger partial charge on any atom is -0.355 e. The van der Waals surface area contributed by atoms with Crippen molar-refractivity contribution in [1.29, 1.82) is 0 Å². The van der Waals surface area contributed by atoms with E-state index in [4.69, 9.17) is 11.6 Å². The average Bonchev–Trinajstić information content (AvgIpc) is 2.50. The summed E-state index contributed by atoms with van der Waals surface area (Å²) in [6.07, 6.45) is 0. The van der Waals surface area contributed by atoms with Gasteiger partial charge in [0, 0.05) is 37.1 Å². The van der Waals surface area contributed by atoms with Gasteiger partial charge in [0.25, 0.3) is 0 Å². The maximum absolute atomic E-state index is 13.3. The highest BCUT2D eigenvalue weighted by atomic mass is 127. The second kappa shape index (κ2) is 8.82. The van der Waals surface area contributed by atoms with E-state index >= 15 is 0 Å². The van der Waals surface area contributed by atoms with E-state index in [2.05, 4.69) is 10.3 Å². The lowest BCUT2D eigenvalue weighted by molar-refractivity contribution is 0.349. The topological polar surface area (TPSA) is 61.8 Å². The van der Waals surface area contributed by atoms with Crippen molar-refractivity contribution in [1.82, 2.24) is 10.2 Å². The van der Waals surface area contributed by atoms with Crippen molar-refractivity contribution in [2.45, 2.75) is 37.9 Å². The zero-order chi connectivity index (χ0) is 19.8. The molecule has 0 bridgehead atoms. The van der Waals surface area contributed by atoms with Gasteiger partial charge in [0.1, 0.15) is 5.82 Å². The number of nitrogens with zero attached hydrogens (tertiary/aromatic N) is 2. The van der Waals surface area contributed by atoms with E-state index in [0.29, 0.717) is 30.6 Å². The Balaban J connectivity index is 0.00000364. The van der Waals surface area contributed by atoms with Crippen molar-refractivity contribution in [3.8, 4) is 0 Å². The van der Waals surface area contributed by atoms with E-state index in [1.54, 1.807) is 27.0 Å². The number of aliphatic imine (C=N–C) groups is 1. The first-order chi connectivity index (χ1) is 11.9. The minimum atomic E-state index is -3.11. The molecule has 2 rings (SSSR count). The van der Waals surface area contributed by atoms with Crippen LogP contribution in [0, 0.1) is 5.82 Å². The predicted molar refractivity (Wildman–Crippen MR) is 121 cm³/mol. The third-order valence-corrected chi connectivity index (χ3v) is 7.75. The number of guanidine groups is 1. The van der Waals surface area contributed by atoms with Crippen LogP contribution in [-0.2, 0) is 15.3 Å². The van der Waals surface area contributed by atoms with Crippen molar-refractivity contribution in [3.63, 3.8) is 0 Å². The van der Waals surface area contributed by atoms with Gasteiger partial charge in [-0.05, 0) is 31.5 Å². The number of halogens is 3. The Morgan fingerprint density at radius 3 is 2.56 bits per heavy atom. The molecular weight excluding hydrogens is 504 g/mol. The molecule has 9 heteroatoms. The van der Waals surface area contributed by atoms with E-state index in [9.17, 15) is 12.8 Å². The first-order valence-corrected chi connectivity index (χ1v) is 10.6. The molecule has 0 spiro atoms. The first kappa shape index (κ1) is 24.4. The molecule has 0 aliphatic carbocycles. The fraction of sp³-hybridized carbons (Fsp3) is 0.611. The monoisotopic (exact) mass is 531 g/mol. The van der Waals surface area contributed by atoms with Crippen LogP contribution >= 0.6 is 35.6 Å². The van der Waals surface area contributed by atoms with E-state index in [1.165, 1.54) is 12.1 Å². The van der Waals surface area contributed by atoms with E-state index in [0.717, 1.165) is 5.56 Å². The molecule has 1 heterocycles. The molecule has 1 aromatic rings. The lowest BCUT2D eigenvalue weighted by atomic mass is 9.84. The Morgan fingerprint density at radius 2 is 2.04 bits per heavy atom. The van der Waals surface area contributed by atoms with Gasteiger partial charge in [0.15, 0.2) is 15.8 Å². The molecule has 0 unspecified atom stereocenters. The summed E-state index contributed by atoms with van der Waals surface area (Å²) in [5.74, 6) is 0.391. The average molecular weight is 532 g/mol. The van der Waals surface area contributed by atoms with E-state index in [-0.39, 0.29) is 41.0 Å². The fourth-order valence-corrected chi connectivity index (χ4v) is 4.88. The quantitative estimate of drug-likeness (QED) is 0.369. The van der Waals surface area contributed by atoms with Gasteiger partial charge in [0.05, 0.1) is 10.5 Å². The molecule has 1 saturated heterocycles. The van der Waals surface area contributed by atoms with E-state index in [1.807, 2.05) is 18.7 Å². The van der Waals surface area contributed by atoms with Gasteiger partial charge in [-0.25, -0.2) is 12.8 Å². The molecule has 0 aromatic heterocycles. The maximum Gasteiger partial charge on any atom is 0.193 e. The SMILES string of the molecule is CN=C(NCC(C)(C)c1ccc(F)cc1Cl)N1CCS(=O)(=O)C(C)(C)C1.I. The van der Waals surface area contributed by atoms with Crippen LogP contribution in [0.1, 0.15) is 33.3 Å². The van der Waals surface area contributed by atoms with E-state index < -0.39 is 14.6 Å². The van der Waals surface area contributed by atoms with Crippen molar-refractivity contribution in [2.75, 3.05) is 32.4 Å². The first-order valence-electron chi connectivity index (χ1n) is 8.53. The highest BCUT2D eigenvalue weighted by molar-refractivity contribution is 14.0. The highest BCUT2D eigenvalue weighted by Crippen LogP contribution is 2.30. The van der Waals surface area contributed by atoms with Crippen LogP contribution < -0.4 is 5.32 Å². The molecule has 154 valence electrons. The molecule has 5 nitrogen and oxygen atoms in total. The van der Waals surface area contributed by atoms with Crippen molar-refractivity contribution in [2.24, 2.45) is 4.99 Å². The summed E-state index contributed by atoms with van der Waals surface area (Å²) < 4.78 is 36.9. The van der Waals surface area contributed by atoms with Gasteiger partial charge in [0.2, 0.25) is 0 Å². The van der Waals surface area contributed by atoms with Crippen molar-refractivity contribution >= 4 is 51.4 Å². The summed E-state index contributed by atoms with van der Waals surface area (Å²) in [4.78, 5) is 6.26. The van der Waals surface area contributed by atoms with Crippen LogP contribution in [0.3, 0.4) is 0 Å². The summed E-state index contributed by atoms with van der Waals surface area (Å²) in [7, 11) is -1.43. The lowest BCUT2D eigenvalue weighted by Gasteiger charge is -2.40. The standard InChI is InChI=1S/C18H27ClFN3O2S.HI/c1-17(2,14-7-6-13(20)10-15(14)19)11-22-16(21-5)23-8-9-26(24,25)18(3,4)12-23;/h6-7,10H,8-9,11-12H2,1-5H3,(H,21,22);1H. The lowest BCUT2D eigenvalue weighted by Crippen LogP contribution is -2.58. The summed E-state index contributed by atoms with van der Waals surface area (Å²) in [5, 5.41) is 3.70. The molecule has 0 atom stereocenters. The number of hydrogen-bond acceptors (Lipinski definition) is 3. The number of benzene rings is 1. The summed E-state index contributed by atoms with van der Waals surface area (Å²) in [6, 6.07) is 4.40. The Morgan fingerprint density at radius 1 is 1.41 bits per heavy atom. The molecule has 0 radical (unpaired) electrons. The molecule has 1 aromatic carbocycles. The third-order valence-electron chi connectivity index (χ3n) is 4.90. The fourth-order valence-electron chi connectivity index (χ4n) is 3.09. The Kier molecular flexibility index (Phi) is 7.98. The highest BCUT2D eigenvalue weighted by Gasteiger charge is 2.41. The third kappa shape index (κ3) is 5.47. The summed E-state index contributed by atoms with van der Waals surface area (Å²) in [5.41, 5.74) is 0.475. The minimum absolute atomic E-state index is 0. The zero-order valence-corrected chi connectivity index (χ0v) is 20.2. The molecular formula is C18H28ClFIN3O2S. The number of hydrogen-bond donors (Lipinski definition) is 1. The Hall–Kier alpha value is -0.610. The van der Waals surface area contributed by atoms with Gasteiger partial charge in [-0.15, -0.1) is 24.0 Å². The molecule has 27 heavy (non-hydrogen) atoms. The molecule has 1 aliphatic rings. The van der Waals surface area contributed by atoms with Crippen molar-refractivity contribution in [3.05, 3.63) is 34.6 Å². The van der Waals surface area contributed by atoms with Gasteiger partial charge in [-0.1, -0.05) is 31.5 Å². The predicted octanol–water partition coefficient (Wildman–Crippen LogP) is 3.46. The Bertz CT molecular complexity index is 813. The van der Waals surface area contributed by atoms with Crippen LogP contribution in [0.2, 0.25) is 5.02 Å². The van der Waals surface area contributed by atoms with Gasteiger partial charge in [-0.3, -0.25) is 4.99 Å². The summed E-state index contributed by atoms with van der Waals surface area (Å²) >= 11 is 6.21. The number of nitrogens with one attached hydrogen (secondary N) is 1. The van der Waals surface area contributed by atoms with Crippen molar-refractivity contribution < 1.29 is 12.8 Å². The zero-order valence-electron chi connectivity index (χ0n) is 16.3. The van der Waals surface area contributed by atoms with Crippen LogP contribution in [0.25, 0.3) is 0 Å². The van der Waals surface area contributed by atoms with Crippen LogP contribution in [0.5, 0.6) is 0 Å². The summed E-state index contributed by atoms with van der Waals surface area (Å²) in [6.45, 7) is 8.81. The molecule has 0 amide bonds. The maximum atomic E-state index is 13.3. The smallest absolute Gasteiger partial charge is 0.193 e. The van der Waals surface area contributed by atoms with Gasteiger partial charge >= 0.3 is 0 Å². The normalized spacial score (nSPS) is 19.4. The molecule has 1 N–H and O–H groups in total. The second-order valence-corrected chi connectivity index (χ2v) is 11.1. The van der Waals surface area contributed by atoms with Crippen LogP contribution in [0.15, 0.2) is 23.2 Å². The van der Waals surface area contributed by atoms with Gasteiger partial charge < -0.3 is 10.2 Å². The van der Waals surface area contributed by atoms with Gasteiger partial charge in [-0.2, -0.15) is 0 Å². The van der Waals surface area contributed by atoms with Crippen LogP contribution in [-0.4, -0.2) is 56.5 Å². The number of rotatable bonds is 3.